The molecule has 0 spiro atoms. The quantitative estimate of drug-likeness (QED) is 0.105. The fourth-order valence-electron chi connectivity index (χ4n) is 26.1. The lowest BCUT2D eigenvalue weighted by Gasteiger charge is -2.17. The van der Waals surface area contributed by atoms with E-state index in [2.05, 4.69) is 400 Å². The first-order chi connectivity index (χ1) is 65.5. The average Bonchev–Trinajstić information content (AvgIpc) is 1.54. The lowest BCUT2D eigenvalue weighted by Crippen LogP contribution is -1.96. The maximum absolute atomic E-state index is 2.42. The summed E-state index contributed by atoms with van der Waals surface area (Å²) >= 11 is 0. The molecule has 23 aromatic carbocycles. The topological polar surface area (TPSA) is 0 Å². The zero-order valence-corrected chi connectivity index (χ0v) is 73.2. The molecule has 0 atom stereocenters. The molecule has 0 unspecified atom stereocenters. The Hall–Kier alpha value is -15.9. The van der Waals surface area contributed by atoms with Crippen molar-refractivity contribution in [1.29, 1.82) is 0 Å². The molecular formula is C132H86. The van der Waals surface area contributed by atoms with E-state index in [0.717, 1.165) is 64.2 Å². The van der Waals surface area contributed by atoms with Gasteiger partial charge in [0.05, 0.1) is 0 Å². The van der Waals surface area contributed by atoms with E-state index in [1.54, 1.807) is 50.1 Å². The van der Waals surface area contributed by atoms with Gasteiger partial charge in [-0.3, -0.25) is 0 Å². The predicted molar refractivity (Wildman–Crippen MR) is 555 cm³/mol. The van der Waals surface area contributed by atoms with Gasteiger partial charge < -0.3 is 0 Å². The van der Waals surface area contributed by atoms with Gasteiger partial charge in [0.15, 0.2) is 0 Å². The Labute approximate surface area is 767 Å². The van der Waals surface area contributed by atoms with Crippen LogP contribution < -0.4 is 0 Å². The minimum absolute atomic E-state index is 1.06. The van der Waals surface area contributed by atoms with Crippen molar-refractivity contribution < 1.29 is 0 Å². The van der Waals surface area contributed by atoms with Gasteiger partial charge in [0.1, 0.15) is 0 Å². The molecule has 614 valence electrons. The van der Waals surface area contributed by atoms with Gasteiger partial charge in [-0.05, 0) is 385 Å². The van der Waals surface area contributed by atoms with Crippen LogP contribution in [-0.2, 0) is 64.2 Å². The van der Waals surface area contributed by atoms with Gasteiger partial charge in [-0.25, -0.2) is 0 Å². The number of rotatable bonds is 0. The highest BCUT2D eigenvalue weighted by Gasteiger charge is 2.40. The molecule has 132 heavy (non-hydrogen) atoms. The molecule has 0 heteroatoms. The Balaban J connectivity index is 0.0000000811. The average molecular weight is 1670 g/mol. The van der Waals surface area contributed by atoms with Gasteiger partial charge in [-0.2, -0.15) is 0 Å². The fourth-order valence-corrected chi connectivity index (χ4v) is 26.1. The Morgan fingerprint density at radius 2 is 0.318 bits per heavy atom. The first-order valence-corrected chi connectivity index (χ1v) is 47.5. The first-order valence-electron chi connectivity index (χ1n) is 47.5. The Morgan fingerprint density at radius 3 is 0.644 bits per heavy atom. The number of hydrogen-bond acceptors (Lipinski definition) is 0. The van der Waals surface area contributed by atoms with Crippen molar-refractivity contribution in [2.75, 3.05) is 0 Å². The summed E-state index contributed by atoms with van der Waals surface area (Å²) in [6.07, 6.45) is 10.6. The molecule has 0 nitrogen and oxygen atoms in total. The first kappa shape index (κ1) is 74.1. The van der Waals surface area contributed by atoms with Crippen molar-refractivity contribution in [3.05, 3.63) is 512 Å². The number of fused-ring (bicyclic) bond motifs is 54. The molecule has 0 bridgehead atoms. The third-order valence-electron chi connectivity index (χ3n) is 31.6. The minimum atomic E-state index is 1.06. The van der Waals surface area contributed by atoms with Crippen LogP contribution in [0, 0.1) is 0 Å². The molecule has 0 aromatic heterocycles. The van der Waals surface area contributed by atoms with Crippen LogP contribution >= 0.6 is 0 Å². The van der Waals surface area contributed by atoms with Crippen molar-refractivity contribution in [3.63, 3.8) is 0 Å². The summed E-state index contributed by atoms with van der Waals surface area (Å²) in [4.78, 5) is 0. The zero-order valence-electron chi connectivity index (χ0n) is 73.2. The van der Waals surface area contributed by atoms with Gasteiger partial charge in [-0.1, -0.05) is 388 Å². The third-order valence-corrected chi connectivity index (χ3v) is 31.6. The van der Waals surface area contributed by atoms with Crippen LogP contribution in [0.5, 0.6) is 0 Å². The van der Waals surface area contributed by atoms with Crippen molar-refractivity contribution in [1.82, 2.24) is 0 Å². The molecular weight excluding hydrogens is 1590 g/mol. The van der Waals surface area contributed by atoms with E-state index in [9.17, 15) is 0 Å². The SMILES string of the molecule is c1ccc2c(c1)Cc1c-2c2c(c3c1-c1ccccc1C3)-c1ccccc1C2.c1ccc2c(c1)Cc1c3c(c4c(ccc5ccccc54)c1-2)-c1ccccc1C3.c1ccc2c(c1)Cc1c3c(c4c(ccc5ccccc54)c1-2)-c1ccccc1C3.c1ccc2c(c1)Cc1c3c(c4cc5ccccc5cc4c1-2)-c1ccccc1C3.c1ccc2c(c1)Cc1ccc3ccc4ccccc4c3c1-2. The summed E-state index contributed by atoms with van der Waals surface area (Å²) in [5.74, 6) is 0. The van der Waals surface area contributed by atoms with Crippen LogP contribution in [0.1, 0.15) is 111 Å². The third kappa shape index (κ3) is 10.9. The molecule has 0 aliphatic heterocycles. The summed E-state index contributed by atoms with van der Waals surface area (Å²) in [6.45, 7) is 0. The van der Waals surface area contributed by atoms with E-state index in [0.29, 0.717) is 0 Å². The van der Waals surface area contributed by atoms with Crippen molar-refractivity contribution >= 4 is 86.2 Å². The highest BCUT2D eigenvalue weighted by molar-refractivity contribution is 6.24. The molecule has 33 rings (SSSR count). The molecule has 0 amide bonds. The zero-order chi connectivity index (χ0) is 86.1. The van der Waals surface area contributed by atoms with Crippen LogP contribution in [-0.4, -0.2) is 0 Å². The highest BCUT2D eigenvalue weighted by Crippen LogP contribution is 2.60. The van der Waals surface area contributed by atoms with Crippen molar-refractivity contribution in [3.8, 4) is 111 Å². The van der Waals surface area contributed by atoms with E-state index in [-0.39, 0.29) is 0 Å². The Bertz CT molecular complexity index is 8430. The largest absolute Gasteiger partial charge is 0.0619 e. The molecule has 23 aromatic rings. The van der Waals surface area contributed by atoms with Crippen molar-refractivity contribution in [2.24, 2.45) is 0 Å². The summed E-state index contributed by atoms with van der Waals surface area (Å²) in [5, 5.41) is 22.0. The van der Waals surface area contributed by atoms with Crippen LogP contribution in [0.15, 0.2) is 400 Å². The molecule has 10 aliphatic carbocycles. The van der Waals surface area contributed by atoms with E-state index < -0.39 is 0 Å². The van der Waals surface area contributed by atoms with E-state index in [4.69, 9.17) is 0 Å². The molecule has 0 saturated carbocycles. The van der Waals surface area contributed by atoms with Gasteiger partial charge in [0.25, 0.3) is 0 Å². The van der Waals surface area contributed by atoms with E-state index in [1.165, 1.54) is 259 Å². The summed E-state index contributed by atoms with van der Waals surface area (Å²) in [5.41, 5.74) is 59.5. The molecule has 10 aliphatic rings. The monoisotopic (exact) mass is 1670 g/mol. The summed E-state index contributed by atoms with van der Waals surface area (Å²) in [7, 11) is 0. The molecule has 0 heterocycles. The lowest BCUT2D eigenvalue weighted by atomic mass is 9.86. The molecule has 0 radical (unpaired) electrons. The van der Waals surface area contributed by atoms with E-state index in [1.807, 2.05) is 0 Å². The molecule has 0 N–H and O–H groups in total. The maximum Gasteiger partial charge on any atom is -0.000706 e. The van der Waals surface area contributed by atoms with Gasteiger partial charge in [0.2, 0.25) is 0 Å². The number of benzene rings is 23. The molecule has 0 fully saturated rings. The predicted octanol–water partition coefficient (Wildman–Crippen LogP) is 33.4. The normalized spacial score (nSPS) is 13.5. The smallest absolute Gasteiger partial charge is 0.000706 e. The number of hydrogen-bond donors (Lipinski definition) is 0. The van der Waals surface area contributed by atoms with Crippen LogP contribution in [0.2, 0.25) is 0 Å². The fraction of sp³-hybridized carbons (Fsp3) is 0.0758. The van der Waals surface area contributed by atoms with Gasteiger partial charge in [-0.15, -0.1) is 0 Å². The van der Waals surface area contributed by atoms with E-state index >= 15 is 0 Å². The lowest BCUT2D eigenvalue weighted by molar-refractivity contribution is 1.17. The maximum atomic E-state index is 2.42. The Kier molecular flexibility index (Phi) is 16.2. The molecule has 0 saturated heterocycles. The Morgan fingerprint density at radius 1 is 0.106 bits per heavy atom. The van der Waals surface area contributed by atoms with Crippen LogP contribution in [0.4, 0.5) is 0 Å². The van der Waals surface area contributed by atoms with Crippen molar-refractivity contribution in [2.45, 2.75) is 64.2 Å². The second kappa shape index (κ2) is 28.8. The van der Waals surface area contributed by atoms with Crippen LogP contribution in [0.25, 0.3) is 197 Å². The van der Waals surface area contributed by atoms with Gasteiger partial charge >= 0.3 is 0 Å². The van der Waals surface area contributed by atoms with Gasteiger partial charge in [0, 0.05) is 0 Å². The summed E-state index contributed by atoms with van der Waals surface area (Å²) < 4.78 is 0. The minimum Gasteiger partial charge on any atom is -0.0619 e. The summed E-state index contributed by atoms with van der Waals surface area (Å²) in [6, 6.07) is 148. The van der Waals surface area contributed by atoms with Crippen LogP contribution in [0.3, 0.4) is 0 Å². The second-order valence-corrected chi connectivity index (χ2v) is 38.2. The highest BCUT2D eigenvalue weighted by atomic mass is 14.4. The second-order valence-electron chi connectivity index (χ2n) is 38.2. The standard InChI is InChI=1S/3C28H18.C27H18.C21H14/c2*1-4-10-20-17(7-1)13-14-23-26-21-11-5-2-8-18(21)15-24(26)25-16-19-9-3-6-12-22(19)28(25)27(20)23;1-2-8-18-14-24-23(13-17(18)7-1)27-21-11-5-3-9-19(21)15-25(27)26-16-20-10-4-6-12-22(20)28(24)26;1-4-10-19-16(7-1)13-22-25(19)23-14-17-8-3-6-12-21(17)27(23)24-15-18-9-2-5-11-20(18)26(22)24;1-3-7-18-14(5-1)9-10-15-11-12-17-13-16-6-2-4-8-19(16)21(17)20(15)18/h3*1-14H,15-16H2;1-12H,13-15H2;1-12H,13H2.